The van der Waals surface area contributed by atoms with Gasteiger partial charge in [-0.1, -0.05) is 0 Å². The summed E-state index contributed by atoms with van der Waals surface area (Å²) < 4.78 is 10.1. The van der Waals surface area contributed by atoms with E-state index < -0.39 is 0 Å². The largest absolute Gasteiger partial charge is 0.373 e. The molecule has 0 saturated carbocycles. The number of rotatable bonds is 2. The quantitative estimate of drug-likeness (QED) is 0.725. The van der Waals surface area contributed by atoms with Crippen molar-refractivity contribution in [1.82, 2.24) is 19.2 Å². The Morgan fingerprint density at radius 2 is 2.06 bits per heavy atom. The van der Waals surface area contributed by atoms with E-state index in [0.29, 0.717) is 0 Å². The molecule has 2 rings (SSSR count). The minimum atomic E-state index is 0.279. The normalized spacial score (nSPS) is 27.2. The Kier molecular flexibility index (Phi) is 3.41. The number of hydrogen-bond acceptors (Lipinski definition) is 4. The lowest BCUT2D eigenvalue weighted by molar-refractivity contribution is -0.0777. The van der Waals surface area contributed by atoms with Crippen LogP contribution in [0, 0.1) is 4.77 Å². The van der Waals surface area contributed by atoms with E-state index in [4.69, 9.17) is 17.0 Å². The molecule has 1 aliphatic rings. The van der Waals surface area contributed by atoms with Gasteiger partial charge in [0.05, 0.1) is 18.9 Å². The van der Waals surface area contributed by atoms with Crippen molar-refractivity contribution < 1.29 is 4.74 Å². The molecule has 0 N–H and O–H groups in total. The van der Waals surface area contributed by atoms with Gasteiger partial charge >= 0.3 is 0 Å². The highest BCUT2D eigenvalue weighted by Crippen LogP contribution is 2.11. The van der Waals surface area contributed by atoms with Crippen LogP contribution in [0.3, 0.4) is 0 Å². The number of nitrogens with zero attached hydrogens (tertiary/aromatic N) is 4. The second kappa shape index (κ2) is 4.65. The molecule has 16 heavy (non-hydrogen) atoms. The van der Waals surface area contributed by atoms with Crippen LogP contribution in [0.15, 0.2) is 6.33 Å². The van der Waals surface area contributed by atoms with E-state index in [9.17, 15) is 0 Å². The minimum absolute atomic E-state index is 0.279. The molecule has 1 saturated heterocycles. The Morgan fingerprint density at radius 1 is 1.44 bits per heavy atom. The molecule has 0 amide bonds. The van der Waals surface area contributed by atoms with Crippen molar-refractivity contribution >= 4 is 12.2 Å². The molecular weight excluding hydrogens is 224 g/mol. The molecule has 1 aromatic rings. The molecule has 0 unspecified atom stereocenters. The van der Waals surface area contributed by atoms with Crippen molar-refractivity contribution in [2.45, 2.75) is 32.7 Å². The maximum atomic E-state index is 5.69. The van der Waals surface area contributed by atoms with Gasteiger partial charge in [0.2, 0.25) is 0 Å². The zero-order valence-corrected chi connectivity index (χ0v) is 10.8. The number of hydrogen-bond donors (Lipinski definition) is 0. The first kappa shape index (κ1) is 11.8. The van der Waals surface area contributed by atoms with Crippen molar-refractivity contribution in [3.05, 3.63) is 11.1 Å². The minimum Gasteiger partial charge on any atom is -0.373 e. The molecule has 90 valence electrons. The van der Waals surface area contributed by atoms with E-state index in [-0.39, 0.29) is 12.2 Å². The van der Waals surface area contributed by atoms with Crippen molar-refractivity contribution in [3.63, 3.8) is 0 Å². The third-order valence-electron chi connectivity index (χ3n) is 2.72. The lowest BCUT2D eigenvalue weighted by atomic mass is 10.2. The van der Waals surface area contributed by atoms with Gasteiger partial charge < -0.3 is 9.30 Å². The molecule has 2 heterocycles. The summed E-state index contributed by atoms with van der Waals surface area (Å²) in [5, 5.41) is 4.25. The maximum absolute atomic E-state index is 5.69. The van der Waals surface area contributed by atoms with Crippen LogP contribution in [0.2, 0.25) is 0 Å². The fourth-order valence-corrected chi connectivity index (χ4v) is 2.26. The molecule has 6 heteroatoms. The summed E-state index contributed by atoms with van der Waals surface area (Å²) >= 11 is 5.26. The number of aromatic nitrogens is 3. The van der Waals surface area contributed by atoms with Crippen LogP contribution in [0.4, 0.5) is 0 Å². The van der Waals surface area contributed by atoms with Gasteiger partial charge in [-0.15, -0.1) is 0 Å². The van der Waals surface area contributed by atoms with Gasteiger partial charge in [0.15, 0.2) is 4.77 Å². The summed E-state index contributed by atoms with van der Waals surface area (Å²) in [5.74, 6) is 0. The van der Waals surface area contributed by atoms with Crippen LogP contribution in [0.5, 0.6) is 0 Å². The van der Waals surface area contributed by atoms with Crippen LogP contribution in [0.1, 0.15) is 13.8 Å². The molecule has 0 aromatic carbocycles. The molecule has 5 nitrogen and oxygen atoms in total. The van der Waals surface area contributed by atoms with E-state index in [1.54, 1.807) is 6.33 Å². The molecule has 0 radical (unpaired) electrons. The van der Waals surface area contributed by atoms with Crippen LogP contribution in [-0.4, -0.2) is 44.5 Å². The second-order valence-corrected chi connectivity index (χ2v) is 4.82. The van der Waals surface area contributed by atoms with E-state index in [0.717, 1.165) is 24.5 Å². The number of morpholine rings is 1. The first-order valence-electron chi connectivity index (χ1n) is 5.52. The fraction of sp³-hybridized carbons (Fsp3) is 0.800. The van der Waals surface area contributed by atoms with E-state index in [1.807, 2.05) is 16.3 Å². The van der Waals surface area contributed by atoms with Crippen LogP contribution in [-0.2, 0) is 18.5 Å². The number of ether oxygens (including phenoxy) is 1. The van der Waals surface area contributed by atoms with E-state index >= 15 is 0 Å². The van der Waals surface area contributed by atoms with E-state index in [2.05, 4.69) is 23.8 Å². The summed E-state index contributed by atoms with van der Waals surface area (Å²) in [6.45, 7) is 6.81. The van der Waals surface area contributed by atoms with Gasteiger partial charge in [0.1, 0.15) is 6.33 Å². The lowest BCUT2D eigenvalue weighted by Gasteiger charge is -2.34. The zero-order chi connectivity index (χ0) is 11.7. The van der Waals surface area contributed by atoms with Crippen LogP contribution >= 0.6 is 12.2 Å². The Balaban J connectivity index is 2.04. The first-order chi connectivity index (χ1) is 7.56. The van der Waals surface area contributed by atoms with Gasteiger partial charge in [-0.25, -0.2) is 4.68 Å². The summed E-state index contributed by atoms with van der Waals surface area (Å²) in [6, 6.07) is 0. The zero-order valence-electron chi connectivity index (χ0n) is 9.96. The standard InChI is InChI=1S/C10H18N4OS/c1-8-4-13(5-9(2)15-8)7-14-10(16)12(3)6-11-14/h6,8-9H,4-5,7H2,1-3H3/t8-,9+. The molecule has 1 fully saturated rings. The monoisotopic (exact) mass is 242 g/mol. The second-order valence-electron chi connectivity index (χ2n) is 4.46. The van der Waals surface area contributed by atoms with Crippen molar-refractivity contribution in [2.24, 2.45) is 7.05 Å². The Labute approximate surface area is 101 Å². The van der Waals surface area contributed by atoms with Crippen LogP contribution < -0.4 is 0 Å². The predicted molar refractivity (Wildman–Crippen MR) is 63.6 cm³/mol. The smallest absolute Gasteiger partial charge is 0.198 e. The molecule has 1 aliphatic heterocycles. The summed E-state index contributed by atoms with van der Waals surface area (Å²) in [7, 11) is 1.91. The van der Waals surface area contributed by atoms with Gasteiger partial charge in [-0.3, -0.25) is 4.90 Å². The molecular formula is C10H18N4OS. The first-order valence-corrected chi connectivity index (χ1v) is 5.93. The Morgan fingerprint density at radius 3 is 2.56 bits per heavy atom. The van der Waals surface area contributed by atoms with E-state index in [1.165, 1.54) is 0 Å². The van der Waals surface area contributed by atoms with Gasteiger partial charge in [-0.05, 0) is 26.1 Å². The third kappa shape index (κ3) is 2.50. The molecule has 0 aliphatic carbocycles. The number of aryl methyl sites for hydroxylation is 1. The molecule has 0 bridgehead atoms. The average Bonchev–Trinajstić information content (AvgIpc) is 2.48. The Bertz CT molecular complexity index is 403. The molecule has 0 spiro atoms. The summed E-state index contributed by atoms with van der Waals surface area (Å²) in [6.07, 6.45) is 2.30. The Hall–Kier alpha value is -0.720. The van der Waals surface area contributed by atoms with Gasteiger partial charge in [0.25, 0.3) is 0 Å². The predicted octanol–water partition coefficient (Wildman–Crippen LogP) is 1.02. The van der Waals surface area contributed by atoms with Crippen molar-refractivity contribution in [2.75, 3.05) is 13.1 Å². The highest BCUT2D eigenvalue weighted by molar-refractivity contribution is 7.71. The SMILES string of the molecule is C[C@@H]1CN(Cn2ncn(C)c2=S)C[C@H](C)O1. The summed E-state index contributed by atoms with van der Waals surface area (Å²) in [4.78, 5) is 2.32. The van der Waals surface area contributed by atoms with Crippen molar-refractivity contribution in [3.8, 4) is 0 Å². The third-order valence-corrected chi connectivity index (χ3v) is 3.21. The molecule has 1 aromatic heterocycles. The lowest BCUT2D eigenvalue weighted by Crippen LogP contribution is -2.46. The highest BCUT2D eigenvalue weighted by atomic mass is 32.1. The van der Waals surface area contributed by atoms with Gasteiger partial charge in [0, 0.05) is 20.1 Å². The van der Waals surface area contributed by atoms with Crippen LogP contribution in [0.25, 0.3) is 0 Å². The van der Waals surface area contributed by atoms with Crippen molar-refractivity contribution in [1.29, 1.82) is 0 Å². The average molecular weight is 242 g/mol. The van der Waals surface area contributed by atoms with Gasteiger partial charge in [-0.2, -0.15) is 5.10 Å². The maximum Gasteiger partial charge on any atom is 0.198 e. The highest BCUT2D eigenvalue weighted by Gasteiger charge is 2.22. The fourth-order valence-electron chi connectivity index (χ4n) is 2.11. The summed E-state index contributed by atoms with van der Waals surface area (Å²) in [5.41, 5.74) is 0. The topological polar surface area (TPSA) is 35.2 Å². The molecule has 2 atom stereocenters.